The van der Waals surface area contributed by atoms with Crippen molar-refractivity contribution in [2.75, 3.05) is 13.6 Å². The molecule has 1 aliphatic rings. The molecule has 6 rings (SSSR count). The van der Waals surface area contributed by atoms with E-state index in [0.717, 1.165) is 38.9 Å². The summed E-state index contributed by atoms with van der Waals surface area (Å²) < 4.78 is 41.3. The van der Waals surface area contributed by atoms with E-state index in [1.165, 1.54) is 0 Å². The fourth-order valence-electron chi connectivity index (χ4n) is 6.25. The molecule has 0 radical (unpaired) electrons. The van der Waals surface area contributed by atoms with E-state index in [9.17, 15) is 18.6 Å². The topological polar surface area (TPSA) is 108 Å². The summed E-state index contributed by atoms with van der Waals surface area (Å²) in [6, 6.07) is 41.6. The van der Waals surface area contributed by atoms with E-state index >= 15 is 0 Å². The fraction of sp³-hybridized carbons (Fsp3) is 0.268. The lowest BCUT2D eigenvalue weighted by Crippen LogP contribution is -2.43. The standard InChI is InChI=1S/C41H44N2O6S/c1-29(40(45)34-11-5-3-6-12-34)43(2)27-37-25-39(33-18-16-30(28-44)17-19-33)49-41(48-37)35-22-20-32(21-23-35)36-13-9-10-31(24-36)26-42-50(46,47)38-14-7-4-8-15-38/h3-24,29,37,39-42,44-45H,25-28H2,1-2H3. The highest BCUT2D eigenvalue weighted by atomic mass is 32.2. The van der Waals surface area contributed by atoms with Crippen molar-refractivity contribution in [2.45, 2.75) is 62.0 Å². The van der Waals surface area contributed by atoms with Gasteiger partial charge in [-0.1, -0.05) is 115 Å². The van der Waals surface area contributed by atoms with E-state index < -0.39 is 22.4 Å². The minimum absolute atomic E-state index is 0.0227. The molecule has 8 nitrogen and oxygen atoms in total. The number of likely N-dealkylation sites (N-methyl/N-ethyl adjacent to an activating group) is 1. The Morgan fingerprint density at radius 1 is 0.780 bits per heavy atom. The van der Waals surface area contributed by atoms with Crippen LogP contribution in [0.3, 0.4) is 0 Å². The number of nitrogens with zero attached hydrogens (tertiary/aromatic N) is 1. The van der Waals surface area contributed by atoms with Crippen molar-refractivity contribution in [1.29, 1.82) is 0 Å². The number of hydrogen-bond acceptors (Lipinski definition) is 7. The van der Waals surface area contributed by atoms with Crippen LogP contribution >= 0.6 is 0 Å². The van der Waals surface area contributed by atoms with Gasteiger partial charge in [-0.25, -0.2) is 13.1 Å². The minimum Gasteiger partial charge on any atom is -0.392 e. The molecule has 3 N–H and O–H groups in total. The monoisotopic (exact) mass is 692 g/mol. The van der Waals surface area contributed by atoms with Crippen LogP contribution in [-0.2, 0) is 32.6 Å². The van der Waals surface area contributed by atoms with E-state index in [2.05, 4.69) is 9.62 Å². The Morgan fingerprint density at radius 3 is 2.12 bits per heavy atom. The number of benzene rings is 5. The number of sulfonamides is 1. The lowest BCUT2D eigenvalue weighted by atomic mass is 9.98. The van der Waals surface area contributed by atoms with Gasteiger partial charge in [0, 0.05) is 31.1 Å². The average Bonchev–Trinajstić information content (AvgIpc) is 3.17. The summed E-state index contributed by atoms with van der Waals surface area (Å²) in [6.07, 6.45) is -1.04. The maximum Gasteiger partial charge on any atom is 0.240 e. The molecule has 0 amide bonds. The van der Waals surface area contributed by atoms with Crippen LogP contribution in [0.4, 0.5) is 0 Å². The highest BCUT2D eigenvalue weighted by Gasteiger charge is 2.34. The Bertz CT molecular complexity index is 1920. The first kappa shape index (κ1) is 35.6. The molecule has 0 aromatic heterocycles. The second-order valence-corrected chi connectivity index (χ2v) is 14.6. The van der Waals surface area contributed by atoms with Gasteiger partial charge in [-0.05, 0) is 65.6 Å². The third kappa shape index (κ3) is 8.75. The highest BCUT2D eigenvalue weighted by Crippen LogP contribution is 2.39. The molecule has 9 heteroatoms. The molecule has 5 aromatic carbocycles. The van der Waals surface area contributed by atoms with Gasteiger partial charge in [-0.2, -0.15) is 0 Å². The molecule has 1 aliphatic heterocycles. The molecule has 1 heterocycles. The third-order valence-electron chi connectivity index (χ3n) is 9.36. The van der Waals surface area contributed by atoms with E-state index in [1.807, 2.05) is 117 Å². The summed E-state index contributed by atoms with van der Waals surface area (Å²) in [4.78, 5) is 2.36. The number of ether oxygens (including phenoxy) is 2. The Morgan fingerprint density at radius 2 is 1.44 bits per heavy atom. The smallest absolute Gasteiger partial charge is 0.240 e. The second kappa shape index (κ2) is 16.2. The van der Waals surface area contributed by atoms with Crippen molar-refractivity contribution in [3.05, 3.63) is 161 Å². The second-order valence-electron chi connectivity index (χ2n) is 12.8. The SMILES string of the molecule is CC(C(O)c1ccccc1)N(C)CC1CC(c2ccc(CO)cc2)OC(c2ccc(-c3cccc(CNS(=O)(=O)c4ccccc4)c3)cc2)O1. The van der Waals surface area contributed by atoms with Gasteiger partial charge in [-0.15, -0.1) is 0 Å². The molecule has 0 spiro atoms. The van der Waals surface area contributed by atoms with Gasteiger partial charge in [0.05, 0.1) is 29.8 Å². The first-order chi connectivity index (χ1) is 24.2. The Kier molecular flexibility index (Phi) is 11.6. The van der Waals surface area contributed by atoms with Gasteiger partial charge in [0.25, 0.3) is 0 Å². The largest absolute Gasteiger partial charge is 0.392 e. The van der Waals surface area contributed by atoms with Crippen molar-refractivity contribution in [3.8, 4) is 11.1 Å². The number of aliphatic hydroxyl groups excluding tert-OH is 2. The molecule has 0 bridgehead atoms. The van der Waals surface area contributed by atoms with Crippen LogP contribution in [-0.4, -0.2) is 49.3 Å². The molecule has 0 saturated carbocycles. The number of rotatable bonds is 13. The zero-order chi connectivity index (χ0) is 35.1. The van der Waals surface area contributed by atoms with E-state index in [1.54, 1.807) is 30.3 Å². The third-order valence-corrected chi connectivity index (χ3v) is 10.8. The van der Waals surface area contributed by atoms with Gasteiger partial charge in [0.15, 0.2) is 6.29 Å². The van der Waals surface area contributed by atoms with Gasteiger partial charge in [-0.3, -0.25) is 4.90 Å². The molecule has 0 aliphatic carbocycles. The first-order valence-corrected chi connectivity index (χ1v) is 18.4. The van der Waals surface area contributed by atoms with Crippen LogP contribution in [0.5, 0.6) is 0 Å². The Hall–Kier alpha value is -4.19. The Labute approximate surface area is 295 Å². The molecule has 50 heavy (non-hydrogen) atoms. The van der Waals surface area contributed by atoms with E-state index in [-0.39, 0.29) is 36.3 Å². The van der Waals surface area contributed by atoms with Crippen molar-refractivity contribution < 1.29 is 28.1 Å². The van der Waals surface area contributed by atoms with Crippen molar-refractivity contribution in [1.82, 2.24) is 9.62 Å². The predicted octanol–water partition coefficient (Wildman–Crippen LogP) is 6.92. The van der Waals surface area contributed by atoms with Gasteiger partial charge in [0.1, 0.15) is 0 Å². The van der Waals surface area contributed by atoms with Crippen LogP contribution < -0.4 is 4.72 Å². The number of aliphatic hydroxyl groups is 2. The summed E-state index contributed by atoms with van der Waals surface area (Å²) in [5, 5.41) is 20.7. The quantitative estimate of drug-likeness (QED) is 0.123. The molecule has 5 aromatic rings. The van der Waals surface area contributed by atoms with E-state index in [4.69, 9.17) is 9.47 Å². The van der Waals surface area contributed by atoms with Crippen LogP contribution in [0, 0.1) is 0 Å². The molecular weight excluding hydrogens is 649 g/mol. The van der Waals surface area contributed by atoms with Crippen molar-refractivity contribution in [2.24, 2.45) is 0 Å². The average molecular weight is 693 g/mol. The van der Waals surface area contributed by atoms with Crippen LogP contribution in [0.25, 0.3) is 11.1 Å². The highest BCUT2D eigenvalue weighted by molar-refractivity contribution is 7.89. The van der Waals surface area contributed by atoms with Gasteiger partial charge < -0.3 is 19.7 Å². The van der Waals surface area contributed by atoms with Crippen molar-refractivity contribution >= 4 is 10.0 Å². The molecule has 260 valence electrons. The summed E-state index contributed by atoms with van der Waals surface area (Å²) in [5.41, 5.74) is 6.39. The zero-order valence-corrected chi connectivity index (χ0v) is 29.1. The summed E-state index contributed by atoms with van der Waals surface area (Å²) in [5.74, 6) is 0. The summed E-state index contributed by atoms with van der Waals surface area (Å²) in [6.45, 7) is 2.76. The number of nitrogens with one attached hydrogen (secondary N) is 1. The summed E-state index contributed by atoms with van der Waals surface area (Å²) in [7, 11) is -1.62. The maximum absolute atomic E-state index is 12.7. The zero-order valence-electron chi connectivity index (χ0n) is 28.3. The molecule has 1 saturated heterocycles. The van der Waals surface area contributed by atoms with Crippen LogP contribution in [0.1, 0.15) is 59.7 Å². The fourth-order valence-corrected chi connectivity index (χ4v) is 7.28. The summed E-state index contributed by atoms with van der Waals surface area (Å²) >= 11 is 0. The van der Waals surface area contributed by atoms with Gasteiger partial charge >= 0.3 is 0 Å². The lowest BCUT2D eigenvalue weighted by molar-refractivity contribution is -0.253. The normalized spacial score (nSPS) is 19.3. The Balaban J connectivity index is 1.17. The molecule has 5 atom stereocenters. The lowest BCUT2D eigenvalue weighted by Gasteiger charge is -2.39. The van der Waals surface area contributed by atoms with E-state index in [0.29, 0.717) is 13.0 Å². The maximum atomic E-state index is 12.7. The predicted molar refractivity (Wildman–Crippen MR) is 194 cm³/mol. The first-order valence-electron chi connectivity index (χ1n) is 16.9. The van der Waals surface area contributed by atoms with Gasteiger partial charge in [0.2, 0.25) is 10.0 Å². The minimum atomic E-state index is -3.62. The van der Waals surface area contributed by atoms with Crippen LogP contribution in [0.2, 0.25) is 0 Å². The number of hydrogen-bond donors (Lipinski definition) is 3. The molecule has 5 unspecified atom stereocenters. The van der Waals surface area contributed by atoms with Crippen LogP contribution in [0.15, 0.2) is 138 Å². The van der Waals surface area contributed by atoms with Crippen molar-refractivity contribution in [3.63, 3.8) is 0 Å². The molecule has 1 fully saturated rings. The molecular formula is C41H44N2O6S.